The minimum absolute atomic E-state index is 0.253. The van der Waals surface area contributed by atoms with E-state index < -0.39 is 0 Å². The number of carbonyl (C=O) groups excluding carboxylic acids is 1. The van der Waals surface area contributed by atoms with E-state index in [4.69, 9.17) is 26.1 Å². The normalized spacial score (nSPS) is 10.8. The van der Waals surface area contributed by atoms with Gasteiger partial charge in [0, 0.05) is 22.3 Å². The zero-order valence-corrected chi connectivity index (χ0v) is 17.5. The zero-order chi connectivity index (χ0) is 21.3. The second-order valence-corrected chi connectivity index (χ2v) is 7.21. The number of aryl methyl sites for hydroxylation is 1. The Morgan fingerprint density at radius 2 is 1.73 bits per heavy atom. The molecule has 0 unspecified atom stereocenters. The van der Waals surface area contributed by atoms with E-state index in [2.05, 4.69) is 5.32 Å². The van der Waals surface area contributed by atoms with Gasteiger partial charge in [-0.15, -0.1) is 0 Å². The number of nitrogens with zero attached hydrogens (tertiary/aromatic N) is 2. The van der Waals surface area contributed by atoms with Crippen LogP contribution in [0.25, 0.3) is 16.9 Å². The number of aromatic nitrogens is 2. The quantitative estimate of drug-likeness (QED) is 0.479. The molecule has 0 saturated carbocycles. The molecule has 30 heavy (non-hydrogen) atoms. The molecule has 0 radical (unpaired) electrons. The number of anilines is 1. The van der Waals surface area contributed by atoms with Crippen molar-refractivity contribution in [3.05, 3.63) is 76.9 Å². The molecule has 7 heteroatoms. The van der Waals surface area contributed by atoms with Gasteiger partial charge in [-0.2, -0.15) is 0 Å². The summed E-state index contributed by atoms with van der Waals surface area (Å²) in [7, 11) is 3.17. The summed E-state index contributed by atoms with van der Waals surface area (Å²) in [6.07, 6.45) is 1.93. The Hall–Kier alpha value is -3.51. The first-order valence-corrected chi connectivity index (χ1v) is 9.66. The molecule has 2 aromatic heterocycles. The van der Waals surface area contributed by atoms with Crippen LogP contribution in [0.2, 0.25) is 5.02 Å². The van der Waals surface area contributed by atoms with Crippen molar-refractivity contribution in [3.63, 3.8) is 0 Å². The maximum atomic E-state index is 12.9. The van der Waals surface area contributed by atoms with Gasteiger partial charge >= 0.3 is 0 Å². The molecular formula is C23H20ClN3O3. The molecule has 152 valence electrons. The van der Waals surface area contributed by atoms with Crippen molar-refractivity contribution in [3.8, 4) is 22.8 Å². The molecule has 1 amide bonds. The molecule has 0 fully saturated rings. The van der Waals surface area contributed by atoms with Crippen LogP contribution < -0.4 is 14.8 Å². The summed E-state index contributed by atoms with van der Waals surface area (Å²) in [5.41, 5.74) is 3.68. The van der Waals surface area contributed by atoms with Crippen LogP contribution in [0.4, 0.5) is 5.82 Å². The first-order chi connectivity index (χ1) is 14.5. The highest BCUT2D eigenvalue weighted by molar-refractivity contribution is 6.30. The number of hydrogen-bond donors (Lipinski definition) is 1. The largest absolute Gasteiger partial charge is 0.493 e. The molecule has 0 aliphatic rings. The van der Waals surface area contributed by atoms with Gasteiger partial charge in [-0.1, -0.05) is 17.7 Å². The third-order valence-corrected chi connectivity index (χ3v) is 5.01. The zero-order valence-electron chi connectivity index (χ0n) is 16.8. The molecule has 6 nitrogen and oxygen atoms in total. The fourth-order valence-corrected chi connectivity index (χ4v) is 3.36. The van der Waals surface area contributed by atoms with Gasteiger partial charge in [-0.3, -0.25) is 9.20 Å². The lowest BCUT2D eigenvalue weighted by Crippen LogP contribution is -2.14. The van der Waals surface area contributed by atoms with Crippen molar-refractivity contribution in [2.45, 2.75) is 6.92 Å². The third kappa shape index (κ3) is 3.69. The van der Waals surface area contributed by atoms with Crippen LogP contribution >= 0.6 is 11.6 Å². The van der Waals surface area contributed by atoms with Gasteiger partial charge in [-0.25, -0.2) is 4.98 Å². The highest BCUT2D eigenvalue weighted by Crippen LogP contribution is 2.35. The smallest absolute Gasteiger partial charge is 0.256 e. The van der Waals surface area contributed by atoms with E-state index in [1.807, 2.05) is 47.9 Å². The van der Waals surface area contributed by atoms with Gasteiger partial charge in [0.25, 0.3) is 5.91 Å². The highest BCUT2D eigenvalue weighted by atomic mass is 35.5. The van der Waals surface area contributed by atoms with Crippen molar-refractivity contribution < 1.29 is 14.3 Å². The third-order valence-electron chi connectivity index (χ3n) is 4.76. The Morgan fingerprint density at radius 1 is 1.00 bits per heavy atom. The molecule has 4 aromatic rings. The van der Waals surface area contributed by atoms with Gasteiger partial charge in [0.15, 0.2) is 11.5 Å². The van der Waals surface area contributed by atoms with E-state index in [0.29, 0.717) is 33.6 Å². The lowest BCUT2D eigenvalue weighted by molar-refractivity contribution is 0.102. The summed E-state index contributed by atoms with van der Waals surface area (Å²) in [4.78, 5) is 17.7. The number of nitrogens with one attached hydrogen (secondary N) is 1. The van der Waals surface area contributed by atoms with Crippen LogP contribution in [0, 0.1) is 6.92 Å². The lowest BCUT2D eigenvalue weighted by Gasteiger charge is -2.11. The fourth-order valence-electron chi connectivity index (χ4n) is 3.24. The molecule has 0 saturated heterocycles. The highest BCUT2D eigenvalue weighted by Gasteiger charge is 2.19. The fraction of sp³-hybridized carbons (Fsp3) is 0.130. The maximum absolute atomic E-state index is 12.9. The standard InChI is InChI=1S/C23H20ClN3O3/c1-14-4-11-20-25-21(16-7-10-18(29-2)19(12-16)30-3)22(27(20)13-14)26-23(28)15-5-8-17(24)9-6-15/h4-13H,1-3H3,(H,26,28). The number of imidazole rings is 1. The number of fused-ring (bicyclic) bond motifs is 1. The van der Waals surface area contributed by atoms with Crippen molar-refractivity contribution in [2.75, 3.05) is 19.5 Å². The number of hydrogen-bond acceptors (Lipinski definition) is 4. The van der Waals surface area contributed by atoms with Crippen LogP contribution in [0.1, 0.15) is 15.9 Å². The molecule has 0 spiro atoms. The topological polar surface area (TPSA) is 64.9 Å². The van der Waals surface area contributed by atoms with Gasteiger partial charge in [0.05, 0.1) is 14.2 Å². The summed E-state index contributed by atoms with van der Waals surface area (Å²) in [5, 5.41) is 3.58. The molecule has 0 aliphatic carbocycles. The van der Waals surface area contributed by atoms with Gasteiger partial charge in [0.2, 0.25) is 0 Å². The Kier molecular flexibility index (Phi) is 5.33. The van der Waals surface area contributed by atoms with Crippen molar-refractivity contribution >= 4 is 29.0 Å². The summed E-state index contributed by atoms with van der Waals surface area (Å²) >= 11 is 5.95. The summed E-state index contributed by atoms with van der Waals surface area (Å²) in [6, 6.07) is 16.2. The second-order valence-electron chi connectivity index (χ2n) is 6.77. The maximum Gasteiger partial charge on any atom is 0.256 e. The molecule has 0 aliphatic heterocycles. The number of methoxy groups -OCH3 is 2. The summed E-state index contributed by atoms with van der Waals surface area (Å²) in [6.45, 7) is 1.99. The molecule has 2 heterocycles. The lowest BCUT2D eigenvalue weighted by atomic mass is 10.1. The summed E-state index contributed by atoms with van der Waals surface area (Å²) < 4.78 is 12.6. The molecule has 0 bridgehead atoms. The van der Waals surface area contributed by atoms with Gasteiger partial charge in [0.1, 0.15) is 17.2 Å². The first-order valence-electron chi connectivity index (χ1n) is 9.28. The predicted molar refractivity (Wildman–Crippen MR) is 118 cm³/mol. The molecule has 1 N–H and O–H groups in total. The number of rotatable bonds is 5. The van der Waals surface area contributed by atoms with E-state index in [0.717, 1.165) is 16.8 Å². The summed E-state index contributed by atoms with van der Waals surface area (Å²) in [5.74, 6) is 1.52. The molecule has 2 aromatic carbocycles. The average Bonchev–Trinajstić information content (AvgIpc) is 3.11. The van der Waals surface area contributed by atoms with Crippen LogP contribution in [0.5, 0.6) is 11.5 Å². The Labute approximate surface area is 179 Å². The number of pyridine rings is 1. The minimum Gasteiger partial charge on any atom is -0.493 e. The molecule has 0 atom stereocenters. The van der Waals surface area contributed by atoms with Crippen LogP contribution in [-0.2, 0) is 0 Å². The van der Waals surface area contributed by atoms with E-state index in [9.17, 15) is 4.79 Å². The van der Waals surface area contributed by atoms with E-state index in [-0.39, 0.29) is 5.91 Å². The molecule has 4 rings (SSSR count). The van der Waals surface area contributed by atoms with Gasteiger partial charge in [-0.05, 0) is 61.0 Å². The monoisotopic (exact) mass is 421 g/mol. The minimum atomic E-state index is -0.253. The van der Waals surface area contributed by atoms with E-state index in [1.54, 1.807) is 38.5 Å². The predicted octanol–water partition coefficient (Wildman–Crippen LogP) is 5.23. The Bertz CT molecular complexity index is 1230. The second kappa shape index (κ2) is 8.08. The SMILES string of the molecule is COc1ccc(-c2nc3ccc(C)cn3c2NC(=O)c2ccc(Cl)cc2)cc1OC. The van der Waals surface area contributed by atoms with E-state index in [1.165, 1.54) is 0 Å². The van der Waals surface area contributed by atoms with Crippen LogP contribution in [0.15, 0.2) is 60.8 Å². The van der Waals surface area contributed by atoms with Gasteiger partial charge < -0.3 is 14.8 Å². The Balaban J connectivity index is 1.84. The number of ether oxygens (including phenoxy) is 2. The number of halogens is 1. The number of carbonyl (C=O) groups is 1. The van der Waals surface area contributed by atoms with Crippen LogP contribution in [-0.4, -0.2) is 29.5 Å². The molecular weight excluding hydrogens is 402 g/mol. The van der Waals surface area contributed by atoms with Crippen molar-refractivity contribution in [2.24, 2.45) is 0 Å². The number of benzene rings is 2. The van der Waals surface area contributed by atoms with Crippen LogP contribution in [0.3, 0.4) is 0 Å². The van der Waals surface area contributed by atoms with Crippen molar-refractivity contribution in [1.29, 1.82) is 0 Å². The number of amides is 1. The Morgan fingerprint density at radius 3 is 2.43 bits per heavy atom. The first kappa shape index (κ1) is 19.8. The van der Waals surface area contributed by atoms with E-state index >= 15 is 0 Å². The van der Waals surface area contributed by atoms with Crippen molar-refractivity contribution in [1.82, 2.24) is 9.38 Å². The average molecular weight is 422 g/mol.